The first-order valence-electron chi connectivity index (χ1n) is 23.2. The molecule has 0 bridgehead atoms. The topological polar surface area (TPSA) is 40.6 Å². The predicted molar refractivity (Wildman–Crippen MR) is 249 cm³/mol. The molecule has 310 valence electrons. The molecular weight excluding hydrogens is 709 g/mol. The Kier molecular flexibility index (Phi) is 18.8. The second-order valence-corrected chi connectivity index (χ2v) is 16.7. The second kappa shape index (κ2) is 24.5. The van der Waals surface area contributed by atoms with E-state index in [1.165, 1.54) is 108 Å². The average Bonchev–Trinajstić information content (AvgIpc) is 3.68. The number of allylic oxidation sites excluding steroid dienone is 1. The lowest BCUT2D eigenvalue weighted by atomic mass is 10.0. The fourth-order valence-electron chi connectivity index (χ4n) is 8.50. The molecule has 0 saturated heterocycles. The monoisotopic (exact) mass is 781 g/mol. The first-order valence-corrected chi connectivity index (χ1v) is 23.2. The van der Waals surface area contributed by atoms with Crippen molar-refractivity contribution in [1.82, 2.24) is 9.80 Å². The lowest BCUT2D eigenvalue weighted by Gasteiger charge is -2.25. The Morgan fingerprint density at radius 2 is 0.724 bits per heavy atom. The lowest BCUT2D eigenvalue weighted by Crippen LogP contribution is -2.31. The molecule has 0 radical (unpaired) electrons. The van der Waals surface area contributed by atoms with Crippen molar-refractivity contribution in [3.8, 4) is 0 Å². The molecule has 0 aromatic heterocycles. The van der Waals surface area contributed by atoms with Crippen LogP contribution in [0.15, 0.2) is 90.0 Å². The number of benzene rings is 3. The number of rotatable bonds is 27. The van der Waals surface area contributed by atoms with Crippen LogP contribution in [0.1, 0.15) is 183 Å². The molecule has 2 aliphatic heterocycles. The van der Waals surface area contributed by atoms with Crippen molar-refractivity contribution in [3.05, 3.63) is 123 Å². The Morgan fingerprint density at radius 1 is 0.414 bits per heavy atom. The second-order valence-electron chi connectivity index (χ2n) is 16.7. The number of nitrogens with zero attached hydrogens (tertiary/aromatic N) is 2. The van der Waals surface area contributed by atoms with Gasteiger partial charge in [-0.1, -0.05) is 232 Å². The van der Waals surface area contributed by atoms with Gasteiger partial charge in [-0.3, -0.25) is 9.59 Å². The predicted octanol–water partition coefficient (Wildman–Crippen LogP) is 14.8. The van der Waals surface area contributed by atoms with Crippen LogP contribution >= 0.6 is 0 Å². The van der Waals surface area contributed by atoms with Gasteiger partial charge in [0.05, 0.1) is 22.5 Å². The van der Waals surface area contributed by atoms with Crippen LogP contribution < -0.4 is 0 Å². The molecule has 0 fully saturated rings. The highest BCUT2D eigenvalue weighted by Crippen LogP contribution is 2.47. The standard InChI is InChI=1S/C54H72N2O2/c1-5-8-10-12-14-16-18-20-22-24-41-55-51(47-37-27-43(4)28-38-47)49-50(54(55)58)52(56(53(49)57)42-25-23-21-19-17-15-13-11-9-6-2)48-39-35-46(36-40-48)34-33-45-31-29-44(26-7-3)30-32-45/h7,26-40H,5-6,8-25,41-42H2,1-4H3/b26-7+,34-33+. The van der Waals surface area contributed by atoms with E-state index in [9.17, 15) is 9.59 Å². The molecule has 2 amide bonds. The van der Waals surface area contributed by atoms with E-state index in [2.05, 4.69) is 118 Å². The van der Waals surface area contributed by atoms with Crippen LogP contribution in [0, 0.1) is 6.92 Å². The number of unbranched alkanes of at least 4 members (excludes halogenated alkanes) is 18. The quantitative estimate of drug-likeness (QED) is 0.0571. The molecule has 0 aliphatic carbocycles. The molecule has 58 heavy (non-hydrogen) atoms. The van der Waals surface area contributed by atoms with Crippen molar-refractivity contribution in [2.75, 3.05) is 13.1 Å². The van der Waals surface area contributed by atoms with E-state index in [1.54, 1.807) is 0 Å². The Bertz CT molecular complexity index is 1840. The third-order valence-electron chi connectivity index (χ3n) is 11.9. The van der Waals surface area contributed by atoms with Gasteiger partial charge >= 0.3 is 0 Å². The number of hydrogen-bond donors (Lipinski definition) is 0. The maximum atomic E-state index is 14.8. The number of carbonyl (C=O) groups excluding carboxylic acids is 2. The highest BCUT2D eigenvalue weighted by molar-refractivity contribution is 6.30. The minimum absolute atomic E-state index is 0.0271. The Labute approximate surface area is 352 Å². The molecule has 5 rings (SSSR count). The van der Waals surface area contributed by atoms with Crippen LogP contribution in [0.25, 0.3) is 29.6 Å². The lowest BCUT2D eigenvalue weighted by molar-refractivity contribution is -0.124. The number of fused-ring (bicyclic) bond motifs is 1. The van der Waals surface area contributed by atoms with Gasteiger partial charge in [0.15, 0.2) is 0 Å². The van der Waals surface area contributed by atoms with Crippen molar-refractivity contribution in [2.24, 2.45) is 0 Å². The highest BCUT2D eigenvalue weighted by atomic mass is 16.2. The van der Waals surface area contributed by atoms with Crippen molar-refractivity contribution >= 4 is 41.4 Å². The molecular formula is C54H72N2O2. The summed E-state index contributed by atoms with van der Waals surface area (Å²) < 4.78 is 0. The summed E-state index contributed by atoms with van der Waals surface area (Å²) in [5.41, 5.74) is 9.20. The Balaban J connectivity index is 1.37. The SMILES string of the molecule is C/C=C/c1ccc(/C=C/c2ccc(C3=C4C(=O)N(CCCCCCCCCCCC)C(c5ccc(C)cc5)=C4C(=O)N3CCCCCCCCCCCC)cc2)cc1. The minimum Gasteiger partial charge on any atom is -0.307 e. The van der Waals surface area contributed by atoms with Crippen LogP contribution in [0.2, 0.25) is 0 Å². The Morgan fingerprint density at radius 3 is 1.09 bits per heavy atom. The molecule has 2 heterocycles. The van der Waals surface area contributed by atoms with E-state index in [1.807, 2.05) is 16.7 Å². The fourth-order valence-corrected chi connectivity index (χ4v) is 8.50. The van der Waals surface area contributed by atoms with Crippen LogP contribution in [0.3, 0.4) is 0 Å². The van der Waals surface area contributed by atoms with Crippen molar-refractivity contribution in [3.63, 3.8) is 0 Å². The summed E-state index contributed by atoms with van der Waals surface area (Å²) in [6, 6.07) is 25.3. The van der Waals surface area contributed by atoms with Crippen LogP contribution in [0.4, 0.5) is 0 Å². The van der Waals surface area contributed by atoms with Gasteiger partial charge in [-0.05, 0) is 54.5 Å². The van der Waals surface area contributed by atoms with Crippen LogP contribution in [0.5, 0.6) is 0 Å². The molecule has 3 aromatic carbocycles. The first kappa shape index (κ1) is 44.7. The van der Waals surface area contributed by atoms with E-state index in [0.29, 0.717) is 24.2 Å². The number of hydrogen-bond acceptors (Lipinski definition) is 2. The van der Waals surface area contributed by atoms with Crippen molar-refractivity contribution in [1.29, 1.82) is 0 Å². The summed E-state index contributed by atoms with van der Waals surface area (Å²) in [5.74, 6) is -0.0541. The first-order chi connectivity index (χ1) is 28.5. The summed E-state index contributed by atoms with van der Waals surface area (Å²) in [4.78, 5) is 33.4. The van der Waals surface area contributed by atoms with Crippen LogP contribution in [-0.2, 0) is 9.59 Å². The maximum Gasteiger partial charge on any atom is 0.261 e. The van der Waals surface area contributed by atoms with Gasteiger partial charge in [-0.25, -0.2) is 0 Å². The molecule has 0 atom stereocenters. The van der Waals surface area contributed by atoms with Gasteiger partial charge < -0.3 is 9.80 Å². The Hall–Kier alpha value is -4.44. The number of aryl methyl sites for hydroxylation is 1. The van der Waals surface area contributed by atoms with E-state index in [0.717, 1.165) is 64.9 Å². The average molecular weight is 781 g/mol. The molecule has 0 N–H and O–H groups in total. The summed E-state index contributed by atoms with van der Waals surface area (Å²) in [5, 5.41) is 0. The zero-order chi connectivity index (χ0) is 41.0. The summed E-state index contributed by atoms with van der Waals surface area (Å²) in [6.45, 7) is 9.90. The molecule has 3 aromatic rings. The van der Waals surface area contributed by atoms with Crippen molar-refractivity contribution in [2.45, 2.75) is 156 Å². The smallest absolute Gasteiger partial charge is 0.261 e. The molecule has 0 spiro atoms. The van der Waals surface area contributed by atoms with Gasteiger partial charge in [0.25, 0.3) is 11.8 Å². The highest BCUT2D eigenvalue weighted by Gasteiger charge is 2.48. The van der Waals surface area contributed by atoms with Gasteiger partial charge in [0.1, 0.15) is 0 Å². The van der Waals surface area contributed by atoms with E-state index in [-0.39, 0.29) is 11.8 Å². The maximum absolute atomic E-state index is 14.8. The van der Waals surface area contributed by atoms with Gasteiger partial charge in [0, 0.05) is 13.1 Å². The van der Waals surface area contributed by atoms with E-state index in [4.69, 9.17) is 0 Å². The summed E-state index contributed by atoms with van der Waals surface area (Å²) in [7, 11) is 0. The minimum atomic E-state index is -0.0271. The summed E-state index contributed by atoms with van der Waals surface area (Å²) >= 11 is 0. The fraction of sp³-hybridized carbons (Fsp3) is 0.481. The normalized spacial score (nSPS) is 14.4. The number of amides is 2. The van der Waals surface area contributed by atoms with Crippen molar-refractivity contribution < 1.29 is 9.59 Å². The molecule has 0 unspecified atom stereocenters. The van der Waals surface area contributed by atoms with Gasteiger partial charge in [0.2, 0.25) is 0 Å². The molecule has 4 heteroatoms. The third kappa shape index (κ3) is 12.8. The molecule has 0 saturated carbocycles. The largest absolute Gasteiger partial charge is 0.307 e. The van der Waals surface area contributed by atoms with Gasteiger partial charge in [-0.2, -0.15) is 0 Å². The summed E-state index contributed by atoms with van der Waals surface area (Å²) in [6.07, 6.45) is 33.2. The number of carbonyl (C=O) groups is 2. The van der Waals surface area contributed by atoms with Gasteiger partial charge in [-0.15, -0.1) is 0 Å². The van der Waals surface area contributed by atoms with E-state index >= 15 is 0 Å². The van der Waals surface area contributed by atoms with Crippen LogP contribution in [-0.4, -0.2) is 34.7 Å². The van der Waals surface area contributed by atoms with E-state index < -0.39 is 0 Å². The molecule has 2 aliphatic rings. The zero-order valence-corrected chi connectivity index (χ0v) is 36.5. The third-order valence-corrected chi connectivity index (χ3v) is 11.9. The molecule has 4 nitrogen and oxygen atoms in total. The zero-order valence-electron chi connectivity index (χ0n) is 36.5.